The van der Waals surface area contributed by atoms with Gasteiger partial charge in [-0.1, -0.05) is 6.92 Å². The average Bonchev–Trinajstić information content (AvgIpc) is 2.12. The molecule has 0 aliphatic rings. The molecule has 0 fully saturated rings. The van der Waals surface area contributed by atoms with Gasteiger partial charge in [0, 0.05) is 17.7 Å². The highest BCUT2D eigenvalue weighted by Crippen LogP contribution is 2.12. The second-order valence-electron chi connectivity index (χ2n) is 3.41. The molecule has 1 aromatic heterocycles. The molecule has 0 saturated carbocycles. The Bertz CT molecular complexity index is 536. The molecule has 0 saturated heterocycles. The van der Waals surface area contributed by atoms with E-state index in [1.54, 1.807) is 20.2 Å². The van der Waals surface area contributed by atoms with Crippen molar-refractivity contribution in [1.82, 2.24) is 4.57 Å². The van der Waals surface area contributed by atoms with E-state index in [0.29, 0.717) is 10.9 Å². The Morgan fingerprint density at radius 3 is 2.69 bits per heavy atom. The Morgan fingerprint density at radius 1 is 1.50 bits per heavy atom. The van der Waals surface area contributed by atoms with Gasteiger partial charge in [-0.05, 0) is 28.4 Å². The maximum atomic E-state index is 11.6. The average molecular weight is 309 g/mol. The molecule has 0 unspecified atom stereocenters. The summed E-state index contributed by atoms with van der Waals surface area (Å²) in [6.45, 7) is 1.76. The summed E-state index contributed by atoms with van der Waals surface area (Å²) in [5.74, 6) is 0.00265. The van der Waals surface area contributed by atoms with Gasteiger partial charge in [-0.25, -0.2) is 8.42 Å². The molecule has 0 aromatic carbocycles. The fourth-order valence-corrected chi connectivity index (χ4v) is 2.89. The minimum Gasteiger partial charge on any atom is -0.316 e. The number of anilines is 1. The first-order valence-electron chi connectivity index (χ1n) is 4.72. The SMILES string of the molecule is CCCS(=O)(=O)Nc1cc(Br)cn(C)c1=O. The number of aromatic nitrogens is 1. The lowest BCUT2D eigenvalue weighted by Gasteiger charge is -2.08. The highest BCUT2D eigenvalue weighted by Gasteiger charge is 2.12. The van der Waals surface area contributed by atoms with Crippen molar-refractivity contribution in [2.75, 3.05) is 10.5 Å². The van der Waals surface area contributed by atoms with Crippen LogP contribution in [-0.2, 0) is 17.1 Å². The zero-order valence-electron chi connectivity index (χ0n) is 9.03. The second kappa shape index (κ2) is 5.01. The molecule has 0 amide bonds. The number of aryl methyl sites for hydroxylation is 1. The van der Waals surface area contributed by atoms with Gasteiger partial charge in [0.05, 0.1) is 5.75 Å². The summed E-state index contributed by atoms with van der Waals surface area (Å²) in [5.41, 5.74) is -0.312. The molecule has 7 heteroatoms. The van der Waals surface area contributed by atoms with Gasteiger partial charge in [0.25, 0.3) is 5.56 Å². The summed E-state index contributed by atoms with van der Waals surface area (Å²) < 4.78 is 27.2. The van der Waals surface area contributed by atoms with E-state index in [1.807, 2.05) is 0 Å². The third kappa shape index (κ3) is 3.34. The predicted octanol–water partition coefficient (Wildman–Crippen LogP) is 1.30. The van der Waals surface area contributed by atoms with Gasteiger partial charge in [0.2, 0.25) is 10.0 Å². The molecule has 0 spiro atoms. The van der Waals surface area contributed by atoms with E-state index < -0.39 is 10.0 Å². The van der Waals surface area contributed by atoms with Crippen LogP contribution in [0.1, 0.15) is 13.3 Å². The molecule has 5 nitrogen and oxygen atoms in total. The Hall–Kier alpha value is -0.820. The molecular formula is C9H13BrN2O3S. The minimum atomic E-state index is -3.42. The normalized spacial score (nSPS) is 11.4. The molecule has 16 heavy (non-hydrogen) atoms. The lowest BCUT2D eigenvalue weighted by molar-refractivity contribution is 0.599. The van der Waals surface area contributed by atoms with E-state index in [-0.39, 0.29) is 17.0 Å². The van der Waals surface area contributed by atoms with Crippen LogP contribution in [0.3, 0.4) is 0 Å². The third-order valence-electron chi connectivity index (χ3n) is 1.89. The molecule has 1 N–H and O–H groups in total. The van der Waals surface area contributed by atoms with Gasteiger partial charge in [-0.2, -0.15) is 0 Å². The highest BCUT2D eigenvalue weighted by atomic mass is 79.9. The number of pyridine rings is 1. The van der Waals surface area contributed by atoms with Crippen LogP contribution in [-0.4, -0.2) is 18.7 Å². The van der Waals surface area contributed by atoms with Crippen molar-refractivity contribution in [2.24, 2.45) is 7.05 Å². The maximum absolute atomic E-state index is 11.6. The summed E-state index contributed by atoms with van der Waals surface area (Å²) in [6.07, 6.45) is 2.07. The number of halogens is 1. The number of sulfonamides is 1. The van der Waals surface area contributed by atoms with Crippen molar-refractivity contribution in [3.8, 4) is 0 Å². The molecule has 0 aliphatic carbocycles. The lowest BCUT2D eigenvalue weighted by Crippen LogP contribution is -2.25. The van der Waals surface area contributed by atoms with E-state index in [9.17, 15) is 13.2 Å². The highest BCUT2D eigenvalue weighted by molar-refractivity contribution is 9.10. The molecule has 0 radical (unpaired) electrons. The van der Waals surface area contributed by atoms with Crippen LogP contribution in [0.15, 0.2) is 21.5 Å². The Morgan fingerprint density at radius 2 is 2.12 bits per heavy atom. The van der Waals surface area contributed by atoms with E-state index in [4.69, 9.17) is 0 Å². The summed E-state index contributed by atoms with van der Waals surface area (Å²) in [4.78, 5) is 11.6. The number of nitrogens with one attached hydrogen (secondary N) is 1. The van der Waals surface area contributed by atoms with Gasteiger partial charge in [-0.3, -0.25) is 9.52 Å². The summed E-state index contributed by atoms with van der Waals surface area (Å²) in [6, 6.07) is 1.45. The minimum absolute atomic E-state index is 0.00265. The zero-order valence-corrected chi connectivity index (χ0v) is 11.4. The van der Waals surface area contributed by atoms with Crippen LogP contribution >= 0.6 is 15.9 Å². The molecule has 0 aliphatic heterocycles. The number of hydrogen-bond donors (Lipinski definition) is 1. The molecule has 1 heterocycles. The van der Waals surface area contributed by atoms with Crippen LogP contribution in [0.5, 0.6) is 0 Å². The fraction of sp³-hybridized carbons (Fsp3) is 0.444. The fourth-order valence-electron chi connectivity index (χ4n) is 1.23. The largest absolute Gasteiger partial charge is 0.316 e. The number of hydrogen-bond acceptors (Lipinski definition) is 3. The van der Waals surface area contributed by atoms with Crippen molar-refractivity contribution < 1.29 is 8.42 Å². The van der Waals surface area contributed by atoms with Gasteiger partial charge in [-0.15, -0.1) is 0 Å². The van der Waals surface area contributed by atoms with Crippen molar-refractivity contribution in [2.45, 2.75) is 13.3 Å². The number of rotatable bonds is 4. The Labute approximate surface area is 103 Å². The Kier molecular flexibility index (Phi) is 4.15. The molecule has 0 atom stereocenters. The zero-order chi connectivity index (χ0) is 12.3. The van der Waals surface area contributed by atoms with Crippen LogP contribution in [0, 0.1) is 0 Å². The van der Waals surface area contributed by atoms with E-state index >= 15 is 0 Å². The topological polar surface area (TPSA) is 68.2 Å². The molecule has 1 rings (SSSR count). The van der Waals surface area contributed by atoms with Gasteiger partial charge < -0.3 is 4.57 Å². The van der Waals surface area contributed by atoms with Crippen LogP contribution < -0.4 is 10.3 Å². The predicted molar refractivity (Wildman–Crippen MR) is 67.1 cm³/mol. The van der Waals surface area contributed by atoms with Crippen molar-refractivity contribution in [3.05, 3.63) is 27.1 Å². The second-order valence-corrected chi connectivity index (χ2v) is 6.17. The van der Waals surface area contributed by atoms with Crippen LogP contribution in [0.4, 0.5) is 5.69 Å². The van der Waals surface area contributed by atoms with Gasteiger partial charge in [0.1, 0.15) is 5.69 Å². The quantitative estimate of drug-likeness (QED) is 0.911. The first-order valence-corrected chi connectivity index (χ1v) is 7.17. The summed E-state index contributed by atoms with van der Waals surface area (Å²) in [5, 5.41) is 0. The molecule has 0 bridgehead atoms. The van der Waals surface area contributed by atoms with Gasteiger partial charge >= 0.3 is 0 Å². The first-order chi connectivity index (χ1) is 7.35. The monoisotopic (exact) mass is 308 g/mol. The van der Waals surface area contributed by atoms with E-state index in [1.165, 1.54) is 10.6 Å². The Balaban J connectivity index is 3.12. The first kappa shape index (κ1) is 13.2. The lowest BCUT2D eigenvalue weighted by atomic mass is 10.4. The van der Waals surface area contributed by atoms with Crippen LogP contribution in [0.2, 0.25) is 0 Å². The standard InChI is InChI=1S/C9H13BrN2O3S/c1-3-4-16(14,15)11-8-5-7(10)6-12(2)9(8)13/h5-6,11H,3-4H2,1-2H3. The smallest absolute Gasteiger partial charge is 0.274 e. The summed E-state index contributed by atoms with van der Waals surface area (Å²) in [7, 11) is -1.86. The number of nitrogens with zero attached hydrogens (tertiary/aromatic N) is 1. The van der Waals surface area contributed by atoms with Crippen molar-refractivity contribution in [3.63, 3.8) is 0 Å². The van der Waals surface area contributed by atoms with E-state index in [2.05, 4.69) is 20.7 Å². The third-order valence-corrected chi connectivity index (χ3v) is 3.80. The van der Waals surface area contributed by atoms with Crippen molar-refractivity contribution in [1.29, 1.82) is 0 Å². The van der Waals surface area contributed by atoms with Gasteiger partial charge in [0.15, 0.2) is 0 Å². The van der Waals surface area contributed by atoms with Crippen molar-refractivity contribution >= 4 is 31.6 Å². The molecular weight excluding hydrogens is 296 g/mol. The van der Waals surface area contributed by atoms with Crippen LogP contribution in [0.25, 0.3) is 0 Å². The maximum Gasteiger partial charge on any atom is 0.274 e. The molecule has 90 valence electrons. The van der Waals surface area contributed by atoms with E-state index in [0.717, 1.165) is 0 Å². The molecule has 1 aromatic rings. The summed E-state index contributed by atoms with van der Waals surface area (Å²) >= 11 is 3.20.